The van der Waals surface area contributed by atoms with Crippen molar-refractivity contribution in [1.29, 1.82) is 0 Å². The molecule has 0 N–H and O–H groups in total. The van der Waals surface area contributed by atoms with Gasteiger partial charge in [-0.15, -0.1) is 0 Å². The van der Waals surface area contributed by atoms with Gasteiger partial charge in [-0.3, -0.25) is 0 Å². The van der Waals surface area contributed by atoms with Gasteiger partial charge in [-0.1, -0.05) is 0 Å². The molecule has 0 radical (unpaired) electrons. The molecule has 4 heteroatoms. The Balaban J connectivity index is 2.42. The lowest BCUT2D eigenvalue weighted by Gasteiger charge is -1.98. The van der Waals surface area contributed by atoms with Gasteiger partial charge in [0.05, 0.1) is 6.61 Å². The SMILES string of the molecule is Brc1cnc(Br)c([C@H]2CO2)c1. The van der Waals surface area contributed by atoms with Crippen LogP contribution in [0.15, 0.2) is 21.3 Å². The van der Waals surface area contributed by atoms with Crippen LogP contribution >= 0.6 is 31.9 Å². The summed E-state index contributed by atoms with van der Waals surface area (Å²) < 4.78 is 7.01. The van der Waals surface area contributed by atoms with Crippen LogP contribution in [0.4, 0.5) is 0 Å². The molecule has 1 saturated heterocycles. The highest BCUT2D eigenvalue weighted by molar-refractivity contribution is 9.11. The Kier molecular flexibility index (Phi) is 1.99. The van der Waals surface area contributed by atoms with Gasteiger partial charge < -0.3 is 4.74 Å². The molecular weight excluding hydrogens is 274 g/mol. The van der Waals surface area contributed by atoms with E-state index in [4.69, 9.17) is 4.74 Å². The zero-order valence-corrected chi connectivity index (χ0v) is 8.72. The molecule has 1 aromatic heterocycles. The molecule has 0 aliphatic carbocycles. The first-order valence-corrected chi connectivity index (χ1v) is 4.78. The van der Waals surface area contributed by atoms with E-state index in [0.717, 1.165) is 21.2 Å². The lowest BCUT2D eigenvalue weighted by atomic mass is 10.2. The average molecular weight is 279 g/mol. The van der Waals surface area contributed by atoms with Crippen molar-refractivity contribution >= 4 is 31.9 Å². The molecule has 0 aromatic carbocycles. The Labute approximate surface area is 81.2 Å². The minimum atomic E-state index is 0.259. The highest BCUT2D eigenvalue weighted by atomic mass is 79.9. The van der Waals surface area contributed by atoms with Crippen LogP contribution in [-0.2, 0) is 4.74 Å². The summed E-state index contributed by atoms with van der Waals surface area (Å²) in [6.45, 7) is 0.816. The number of rotatable bonds is 1. The van der Waals surface area contributed by atoms with Gasteiger partial charge >= 0.3 is 0 Å². The van der Waals surface area contributed by atoms with Gasteiger partial charge in [0.2, 0.25) is 0 Å². The number of aromatic nitrogens is 1. The second-order valence-corrected chi connectivity index (χ2v) is 4.02. The van der Waals surface area contributed by atoms with Crippen LogP contribution in [0.2, 0.25) is 0 Å². The van der Waals surface area contributed by atoms with E-state index in [1.807, 2.05) is 6.07 Å². The number of hydrogen-bond acceptors (Lipinski definition) is 2. The van der Waals surface area contributed by atoms with Crippen LogP contribution < -0.4 is 0 Å². The third-order valence-electron chi connectivity index (χ3n) is 1.51. The number of hydrogen-bond donors (Lipinski definition) is 0. The minimum Gasteiger partial charge on any atom is -0.368 e. The Bertz CT molecular complexity index is 286. The first-order chi connectivity index (χ1) is 5.27. The van der Waals surface area contributed by atoms with Crippen molar-refractivity contribution in [2.24, 2.45) is 0 Å². The maximum atomic E-state index is 5.14. The predicted molar refractivity (Wildman–Crippen MR) is 48.3 cm³/mol. The van der Waals surface area contributed by atoms with Gasteiger partial charge in [0, 0.05) is 16.2 Å². The van der Waals surface area contributed by atoms with Crippen LogP contribution in [0.3, 0.4) is 0 Å². The second-order valence-electron chi connectivity index (χ2n) is 2.36. The summed E-state index contributed by atoms with van der Waals surface area (Å²) in [6.07, 6.45) is 2.02. The molecule has 0 spiro atoms. The standard InChI is InChI=1S/C7H5Br2NO/c8-4-1-5(6-3-11-6)7(9)10-2-4/h1-2,6H,3H2/t6-/m1/s1. The molecule has 1 atom stereocenters. The maximum Gasteiger partial charge on any atom is 0.112 e. The summed E-state index contributed by atoms with van der Waals surface area (Å²) in [6, 6.07) is 2.02. The molecule has 58 valence electrons. The first kappa shape index (κ1) is 7.71. The van der Waals surface area contributed by atoms with Crippen molar-refractivity contribution in [1.82, 2.24) is 4.98 Å². The fourth-order valence-electron chi connectivity index (χ4n) is 0.892. The molecule has 2 nitrogen and oxygen atoms in total. The number of halogens is 2. The van der Waals surface area contributed by atoms with Gasteiger partial charge in [-0.05, 0) is 37.9 Å². The predicted octanol–water partition coefficient (Wildman–Crippen LogP) is 2.68. The molecule has 11 heavy (non-hydrogen) atoms. The van der Waals surface area contributed by atoms with Crippen LogP contribution in [0.25, 0.3) is 0 Å². The van der Waals surface area contributed by atoms with Crippen molar-refractivity contribution in [3.05, 3.63) is 26.9 Å². The summed E-state index contributed by atoms with van der Waals surface area (Å²) in [7, 11) is 0. The average Bonchev–Trinajstić information content (AvgIpc) is 2.76. The van der Waals surface area contributed by atoms with Gasteiger partial charge in [-0.25, -0.2) is 4.98 Å². The molecule has 2 heterocycles. The molecule has 1 fully saturated rings. The fraction of sp³-hybridized carbons (Fsp3) is 0.286. The van der Waals surface area contributed by atoms with E-state index in [1.165, 1.54) is 0 Å². The zero-order chi connectivity index (χ0) is 7.84. The van der Waals surface area contributed by atoms with Crippen molar-refractivity contribution in [3.63, 3.8) is 0 Å². The topological polar surface area (TPSA) is 25.4 Å². The summed E-state index contributed by atoms with van der Waals surface area (Å²) in [5, 5.41) is 0. The van der Waals surface area contributed by atoms with E-state index >= 15 is 0 Å². The lowest BCUT2D eigenvalue weighted by Crippen LogP contribution is -1.86. The van der Waals surface area contributed by atoms with E-state index in [9.17, 15) is 0 Å². The van der Waals surface area contributed by atoms with E-state index < -0.39 is 0 Å². The molecular formula is C7H5Br2NO. The van der Waals surface area contributed by atoms with Crippen molar-refractivity contribution in [3.8, 4) is 0 Å². The summed E-state index contributed by atoms with van der Waals surface area (Å²) >= 11 is 6.71. The third kappa shape index (κ3) is 1.63. The number of pyridine rings is 1. The third-order valence-corrected chi connectivity index (χ3v) is 2.61. The smallest absolute Gasteiger partial charge is 0.112 e. The van der Waals surface area contributed by atoms with Crippen molar-refractivity contribution in [2.45, 2.75) is 6.10 Å². The monoisotopic (exact) mass is 277 g/mol. The van der Waals surface area contributed by atoms with Crippen molar-refractivity contribution < 1.29 is 4.74 Å². The van der Waals surface area contributed by atoms with Crippen LogP contribution in [-0.4, -0.2) is 11.6 Å². The van der Waals surface area contributed by atoms with Gasteiger partial charge in [0.15, 0.2) is 0 Å². The summed E-state index contributed by atoms with van der Waals surface area (Å²) in [5.74, 6) is 0. The fourth-order valence-corrected chi connectivity index (χ4v) is 1.71. The molecule has 1 aromatic rings. The minimum absolute atomic E-state index is 0.259. The van der Waals surface area contributed by atoms with Crippen LogP contribution in [0.1, 0.15) is 11.7 Å². The van der Waals surface area contributed by atoms with Gasteiger partial charge in [0.1, 0.15) is 10.7 Å². The van der Waals surface area contributed by atoms with Crippen LogP contribution in [0.5, 0.6) is 0 Å². The molecule has 0 unspecified atom stereocenters. The van der Waals surface area contributed by atoms with E-state index in [2.05, 4.69) is 36.8 Å². The molecule has 1 aliphatic rings. The molecule has 0 bridgehead atoms. The summed E-state index contributed by atoms with van der Waals surface area (Å²) in [4.78, 5) is 4.13. The van der Waals surface area contributed by atoms with Gasteiger partial charge in [0.25, 0.3) is 0 Å². The normalized spacial score (nSPS) is 21.8. The Morgan fingerprint density at radius 2 is 2.27 bits per heavy atom. The van der Waals surface area contributed by atoms with E-state index in [0.29, 0.717) is 0 Å². The highest BCUT2D eigenvalue weighted by Gasteiger charge is 2.27. The second kappa shape index (κ2) is 2.84. The summed E-state index contributed by atoms with van der Waals surface area (Å²) in [5.41, 5.74) is 1.12. The highest BCUT2D eigenvalue weighted by Crippen LogP contribution is 2.34. The lowest BCUT2D eigenvalue weighted by molar-refractivity contribution is 0.414. The van der Waals surface area contributed by atoms with E-state index in [1.54, 1.807) is 6.20 Å². The largest absolute Gasteiger partial charge is 0.368 e. The number of ether oxygens (including phenoxy) is 1. The van der Waals surface area contributed by atoms with Crippen molar-refractivity contribution in [2.75, 3.05) is 6.61 Å². The quantitative estimate of drug-likeness (QED) is 0.583. The Morgan fingerprint density at radius 1 is 1.55 bits per heavy atom. The first-order valence-electron chi connectivity index (χ1n) is 3.20. The maximum absolute atomic E-state index is 5.14. The number of epoxide rings is 1. The molecule has 2 rings (SSSR count). The van der Waals surface area contributed by atoms with Crippen LogP contribution in [0, 0.1) is 0 Å². The Morgan fingerprint density at radius 3 is 2.91 bits per heavy atom. The van der Waals surface area contributed by atoms with Gasteiger partial charge in [-0.2, -0.15) is 0 Å². The van der Waals surface area contributed by atoms with E-state index in [-0.39, 0.29) is 6.10 Å². The molecule has 0 amide bonds. The number of nitrogens with zero attached hydrogens (tertiary/aromatic N) is 1. The molecule has 1 aliphatic heterocycles. The molecule has 0 saturated carbocycles. The zero-order valence-electron chi connectivity index (χ0n) is 5.55. The Hall–Kier alpha value is 0.0700.